The molecule has 0 radical (unpaired) electrons. The van der Waals surface area contributed by atoms with E-state index in [2.05, 4.69) is 21.2 Å². The maximum Gasteiger partial charge on any atom is 0.335 e. The molecule has 0 heterocycles. The lowest BCUT2D eigenvalue weighted by atomic mass is 10.1. The molecule has 0 aliphatic rings. The van der Waals surface area contributed by atoms with Gasteiger partial charge in [0.25, 0.3) is 0 Å². The SMILES string of the molecule is O=C(O)c1ccc(CNCCc2ccccc2F)c(Br)c1. The minimum absolute atomic E-state index is 0.189. The van der Waals surface area contributed by atoms with Crippen molar-refractivity contribution >= 4 is 21.9 Å². The van der Waals surface area contributed by atoms with Crippen LogP contribution in [-0.2, 0) is 13.0 Å². The molecule has 0 aliphatic heterocycles. The number of rotatable bonds is 6. The number of hydrogen-bond acceptors (Lipinski definition) is 2. The second kappa shape index (κ2) is 7.33. The lowest BCUT2D eigenvalue weighted by molar-refractivity contribution is 0.0697. The van der Waals surface area contributed by atoms with Crippen LogP contribution in [0.1, 0.15) is 21.5 Å². The summed E-state index contributed by atoms with van der Waals surface area (Å²) < 4.78 is 14.2. The summed E-state index contributed by atoms with van der Waals surface area (Å²) in [5.41, 5.74) is 1.90. The lowest BCUT2D eigenvalue weighted by Gasteiger charge is -2.08. The van der Waals surface area contributed by atoms with E-state index in [0.29, 0.717) is 25.1 Å². The van der Waals surface area contributed by atoms with Crippen LogP contribution in [0.5, 0.6) is 0 Å². The Bertz CT molecular complexity index is 646. The van der Waals surface area contributed by atoms with Gasteiger partial charge >= 0.3 is 5.97 Å². The van der Waals surface area contributed by atoms with Gasteiger partial charge in [0.15, 0.2) is 0 Å². The van der Waals surface area contributed by atoms with Crippen LogP contribution in [0.3, 0.4) is 0 Å². The van der Waals surface area contributed by atoms with Crippen molar-refractivity contribution in [1.82, 2.24) is 5.32 Å². The van der Waals surface area contributed by atoms with E-state index < -0.39 is 5.97 Å². The van der Waals surface area contributed by atoms with Gasteiger partial charge in [0.05, 0.1) is 5.56 Å². The average molecular weight is 352 g/mol. The molecule has 0 spiro atoms. The van der Waals surface area contributed by atoms with Crippen molar-refractivity contribution in [3.05, 3.63) is 69.4 Å². The van der Waals surface area contributed by atoms with Gasteiger partial charge in [0, 0.05) is 11.0 Å². The zero-order valence-electron chi connectivity index (χ0n) is 11.3. The van der Waals surface area contributed by atoms with E-state index in [1.54, 1.807) is 30.3 Å². The lowest BCUT2D eigenvalue weighted by Crippen LogP contribution is -2.17. The maximum absolute atomic E-state index is 13.4. The molecule has 0 aliphatic carbocycles. The van der Waals surface area contributed by atoms with Gasteiger partial charge in [-0.2, -0.15) is 0 Å². The topological polar surface area (TPSA) is 49.3 Å². The number of nitrogens with one attached hydrogen (secondary N) is 1. The van der Waals surface area contributed by atoms with E-state index >= 15 is 0 Å². The molecule has 3 nitrogen and oxygen atoms in total. The standard InChI is InChI=1S/C16H15BrFNO2/c17-14-9-12(16(20)21)5-6-13(14)10-19-8-7-11-3-1-2-4-15(11)18/h1-6,9,19H,7-8,10H2,(H,20,21). The summed E-state index contributed by atoms with van der Waals surface area (Å²) in [7, 11) is 0. The van der Waals surface area contributed by atoms with Gasteiger partial charge in [-0.3, -0.25) is 0 Å². The van der Waals surface area contributed by atoms with Gasteiger partial charge in [0.2, 0.25) is 0 Å². The fourth-order valence-corrected chi connectivity index (χ4v) is 2.49. The van der Waals surface area contributed by atoms with Crippen molar-refractivity contribution in [3.8, 4) is 0 Å². The summed E-state index contributed by atoms with van der Waals surface area (Å²) >= 11 is 3.36. The molecule has 0 amide bonds. The molecule has 0 atom stereocenters. The highest BCUT2D eigenvalue weighted by molar-refractivity contribution is 9.10. The van der Waals surface area contributed by atoms with Crippen LogP contribution in [0.2, 0.25) is 0 Å². The van der Waals surface area contributed by atoms with Crippen LogP contribution in [0.25, 0.3) is 0 Å². The Morgan fingerprint density at radius 2 is 1.95 bits per heavy atom. The Kier molecular flexibility index (Phi) is 5.47. The Hall–Kier alpha value is -1.72. The molecule has 21 heavy (non-hydrogen) atoms. The minimum atomic E-state index is -0.949. The zero-order valence-corrected chi connectivity index (χ0v) is 12.9. The van der Waals surface area contributed by atoms with Crippen LogP contribution >= 0.6 is 15.9 Å². The number of benzene rings is 2. The number of aromatic carboxylic acids is 1. The van der Waals surface area contributed by atoms with Crippen LogP contribution in [0, 0.1) is 5.82 Å². The highest BCUT2D eigenvalue weighted by Crippen LogP contribution is 2.18. The Morgan fingerprint density at radius 1 is 1.19 bits per heavy atom. The first-order valence-corrected chi connectivity index (χ1v) is 7.33. The predicted molar refractivity (Wildman–Crippen MR) is 82.9 cm³/mol. The summed E-state index contributed by atoms with van der Waals surface area (Å²) in [6.07, 6.45) is 0.609. The molecule has 2 N–H and O–H groups in total. The number of carboxylic acid groups (broad SMARTS) is 1. The molecule has 0 saturated heterocycles. The zero-order chi connectivity index (χ0) is 15.2. The molecule has 110 valence electrons. The van der Waals surface area contributed by atoms with Crippen molar-refractivity contribution in [3.63, 3.8) is 0 Å². The average Bonchev–Trinajstić information content (AvgIpc) is 2.46. The summed E-state index contributed by atoms with van der Waals surface area (Å²) in [6.45, 7) is 1.24. The molecule has 0 fully saturated rings. The molecule has 0 saturated carbocycles. The first-order valence-electron chi connectivity index (χ1n) is 6.54. The van der Waals surface area contributed by atoms with E-state index in [9.17, 15) is 9.18 Å². The summed E-state index contributed by atoms with van der Waals surface area (Å²) in [5.74, 6) is -1.14. The van der Waals surface area contributed by atoms with Crippen molar-refractivity contribution in [1.29, 1.82) is 0 Å². The minimum Gasteiger partial charge on any atom is -0.478 e. The Morgan fingerprint density at radius 3 is 2.62 bits per heavy atom. The summed E-state index contributed by atoms with van der Waals surface area (Å²) in [6, 6.07) is 11.6. The molecule has 2 rings (SSSR count). The largest absolute Gasteiger partial charge is 0.478 e. The van der Waals surface area contributed by atoms with E-state index in [4.69, 9.17) is 5.11 Å². The fraction of sp³-hybridized carbons (Fsp3) is 0.188. The van der Waals surface area contributed by atoms with E-state index in [0.717, 1.165) is 10.0 Å². The van der Waals surface area contributed by atoms with E-state index in [1.807, 2.05) is 6.07 Å². The Balaban J connectivity index is 1.87. The van der Waals surface area contributed by atoms with Crippen molar-refractivity contribution in [2.45, 2.75) is 13.0 Å². The Labute approximate surface area is 130 Å². The fourth-order valence-electron chi connectivity index (χ4n) is 1.97. The van der Waals surface area contributed by atoms with Gasteiger partial charge in [0.1, 0.15) is 5.82 Å². The molecule has 0 aromatic heterocycles. The third-order valence-corrected chi connectivity index (χ3v) is 3.88. The number of hydrogen-bond donors (Lipinski definition) is 2. The van der Waals surface area contributed by atoms with Gasteiger partial charge in [-0.15, -0.1) is 0 Å². The number of carboxylic acids is 1. The number of carbonyl (C=O) groups is 1. The molecular weight excluding hydrogens is 337 g/mol. The molecule has 5 heteroatoms. The summed E-state index contributed by atoms with van der Waals surface area (Å²) in [5, 5.41) is 12.1. The first-order chi connectivity index (χ1) is 10.1. The van der Waals surface area contributed by atoms with Gasteiger partial charge < -0.3 is 10.4 Å². The second-order valence-electron chi connectivity index (χ2n) is 4.63. The molecule has 0 unspecified atom stereocenters. The third kappa shape index (κ3) is 4.37. The van der Waals surface area contributed by atoms with Crippen molar-refractivity contribution in [2.75, 3.05) is 6.54 Å². The van der Waals surface area contributed by atoms with Gasteiger partial charge in [-0.05, 0) is 42.3 Å². The highest BCUT2D eigenvalue weighted by Gasteiger charge is 2.06. The molecule has 0 bridgehead atoms. The number of halogens is 2. The van der Waals surface area contributed by atoms with Crippen LogP contribution in [-0.4, -0.2) is 17.6 Å². The normalized spacial score (nSPS) is 10.6. The van der Waals surface area contributed by atoms with Crippen molar-refractivity contribution < 1.29 is 14.3 Å². The maximum atomic E-state index is 13.4. The second-order valence-corrected chi connectivity index (χ2v) is 5.48. The van der Waals surface area contributed by atoms with Crippen LogP contribution in [0.4, 0.5) is 4.39 Å². The van der Waals surface area contributed by atoms with E-state index in [1.165, 1.54) is 6.07 Å². The predicted octanol–water partition coefficient (Wildman–Crippen LogP) is 3.62. The highest BCUT2D eigenvalue weighted by atomic mass is 79.9. The summed E-state index contributed by atoms with van der Waals surface area (Å²) in [4.78, 5) is 10.8. The van der Waals surface area contributed by atoms with Gasteiger partial charge in [-0.25, -0.2) is 9.18 Å². The first kappa shape index (κ1) is 15.7. The van der Waals surface area contributed by atoms with Crippen LogP contribution < -0.4 is 5.32 Å². The van der Waals surface area contributed by atoms with E-state index in [-0.39, 0.29) is 11.4 Å². The van der Waals surface area contributed by atoms with Gasteiger partial charge in [-0.1, -0.05) is 40.2 Å². The quantitative estimate of drug-likeness (QED) is 0.781. The smallest absolute Gasteiger partial charge is 0.335 e. The monoisotopic (exact) mass is 351 g/mol. The molecular formula is C16H15BrFNO2. The molecule has 2 aromatic rings. The van der Waals surface area contributed by atoms with Crippen LogP contribution in [0.15, 0.2) is 46.9 Å². The van der Waals surface area contributed by atoms with Crippen molar-refractivity contribution in [2.24, 2.45) is 0 Å². The third-order valence-electron chi connectivity index (χ3n) is 3.14. The molecule has 2 aromatic carbocycles.